The Morgan fingerprint density at radius 2 is 1.88 bits per heavy atom. The summed E-state index contributed by atoms with van der Waals surface area (Å²) in [6.45, 7) is -0.254. The van der Waals surface area contributed by atoms with E-state index in [1.165, 1.54) is 6.07 Å². The van der Waals surface area contributed by atoms with Gasteiger partial charge < -0.3 is 20.3 Å². The number of aliphatic hydroxyl groups is 2. The molecule has 5 nitrogen and oxygen atoms in total. The molecule has 0 fully saturated rings. The van der Waals surface area contributed by atoms with Gasteiger partial charge in [-0.15, -0.1) is 0 Å². The van der Waals surface area contributed by atoms with Gasteiger partial charge in [0.15, 0.2) is 0 Å². The van der Waals surface area contributed by atoms with Gasteiger partial charge in [0.1, 0.15) is 24.6 Å². The van der Waals surface area contributed by atoms with Gasteiger partial charge in [-0.1, -0.05) is 53.5 Å². The first-order chi connectivity index (χ1) is 11.9. The van der Waals surface area contributed by atoms with Gasteiger partial charge >= 0.3 is 6.09 Å². The summed E-state index contributed by atoms with van der Waals surface area (Å²) in [6.07, 6.45) is -3.73. The lowest BCUT2D eigenvalue weighted by Crippen LogP contribution is -2.35. The molecule has 2 aromatic rings. The van der Waals surface area contributed by atoms with E-state index in [0.29, 0.717) is 0 Å². The van der Waals surface area contributed by atoms with Crippen molar-refractivity contribution in [2.45, 2.75) is 18.8 Å². The van der Waals surface area contributed by atoms with Crippen LogP contribution in [0.25, 0.3) is 0 Å². The summed E-state index contributed by atoms with van der Waals surface area (Å²) in [6, 6.07) is 11.3. The van der Waals surface area contributed by atoms with Crippen LogP contribution in [0.15, 0.2) is 42.5 Å². The third-order valence-corrected chi connectivity index (χ3v) is 3.99. The molecule has 0 saturated heterocycles. The molecule has 0 aliphatic rings. The van der Waals surface area contributed by atoms with Crippen molar-refractivity contribution in [3.63, 3.8) is 0 Å². The molecule has 0 bridgehead atoms. The minimum absolute atomic E-state index is 0.0263. The fraction of sp³-hybridized carbons (Fsp3) is 0.235. The fourth-order valence-electron chi connectivity index (χ4n) is 2.07. The number of carbonyl (C=O) groups excluding carboxylic acids is 1. The minimum atomic E-state index is -1.53. The Bertz CT molecular complexity index is 730. The molecule has 0 aromatic heterocycles. The van der Waals surface area contributed by atoms with Gasteiger partial charge in [0, 0.05) is 17.1 Å². The number of halogens is 3. The van der Waals surface area contributed by atoms with Crippen LogP contribution in [-0.4, -0.2) is 29.0 Å². The number of alkyl carbamates (subject to hydrolysis) is 1. The van der Waals surface area contributed by atoms with Gasteiger partial charge in [-0.05, 0) is 17.7 Å². The third kappa shape index (κ3) is 5.57. The predicted molar refractivity (Wildman–Crippen MR) is 92.0 cm³/mol. The van der Waals surface area contributed by atoms with Crippen molar-refractivity contribution in [3.8, 4) is 0 Å². The fourth-order valence-corrected chi connectivity index (χ4v) is 2.51. The lowest BCUT2D eigenvalue weighted by atomic mass is 10.0. The average Bonchev–Trinajstić information content (AvgIpc) is 2.61. The minimum Gasteiger partial charge on any atom is -0.445 e. The second-order valence-electron chi connectivity index (χ2n) is 5.25. The van der Waals surface area contributed by atoms with Gasteiger partial charge in [-0.25, -0.2) is 9.18 Å². The highest BCUT2D eigenvalue weighted by atomic mass is 35.5. The van der Waals surface area contributed by atoms with E-state index in [4.69, 9.17) is 27.9 Å². The van der Waals surface area contributed by atoms with Crippen molar-refractivity contribution >= 4 is 29.3 Å². The Kier molecular flexibility index (Phi) is 7.01. The van der Waals surface area contributed by atoms with Crippen molar-refractivity contribution in [3.05, 3.63) is 69.5 Å². The molecule has 134 valence electrons. The number of aliphatic hydroxyl groups excluding tert-OH is 2. The number of benzene rings is 2. The maximum Gasteiger partial charge on any atom is 0.407 e. The molecule has 3 N–H and O–H groups in total. The number of ether oxygens (including phenoxy) is 1. The molecule has 0 radical (unpaired) electrons. The van der Waals surface area contributed by atoms with Crippen LogP contribution in [0.3, 0.4) is 0 Å². The lowest BCUT2D eigenvalue weighted by molar-refractivity contribution is 0.0183. The highest BCUT2D eigenvalue weighted by Gasteiger charge is 2.23. The molecule has 2 atom stereocenters. The van der Waals surface area contributed by atoms with Gasteiger partial charge in [0.05, 0.1) is 5.02 Å². The molecule has 2 aromatic carbocycles. The molecule has 0 spiro atoms. The van der Waals surface area contributed by atoms with Crippen LogP contribution in [0.5, 0.6) is 0 Å². The molecule has 0 aliphatic carbocycles. The zero-order chi connectivity index (χ0) is 18.4. The Hall–Kier alpha value is -1.86. The number of nitrogens with one attached hydrogen (secondary N) is 1. The largest absolute Gasteiger partial charge is 0.445 e. The van der Waals surface area contributed by atoms with E-state index in [2.05, 4.69) is 5.32 Å². The predicted octanol–water partition coefficient (Wildman–Crippen LogP) is 3.45. The quantitative estimate of drug-likeness (QED) is 0.663. The summed E-state index contributed by atoms with van der Waals surface area (Å²) in [5, 5.41) is 22.0. The summed E-state index contributed by atoms with van der Waals surface area (Å²) in [5.41, 5.74) is 0.734. The standard InChI is InChI=1S/C17H16Cl2FNO4/c18-11-6-12(15(19)13(20)7-11)16(23)14(22)8-21-17(24)25-9-10-4-2-1-3-5-10/h1-7,14,16,22-23H,8-9H2,(H,21,24). The Morgan fingerprint density at radius 3 is 2.56 bits per heavy atom. The van der Waals surface area contributed by atoms with Crippen molar-refractivity contribution in [1.29, 1.82) is 0 Å². The second-order valence-corrected chi connectivity index (χ2v) is 6.06. The number of carbonyl (C=O) groups is 1. The number of rotatable bonds is 6. The van der Waals surface area contributed by atoms with Crippen LogP contribution in [0.4, 0.5) is 9.18 Å². The van der Waals surface area contributed by atoms with Crippen molar-refractivity contribution < 1.29 is 24.1 Å². The molecular formula is C17H16Cl2FNO4. The van der Waals surface area contributed by atoms with Gasteiger partial charge in [0.2, 0.25) is 0 Å². The van der Waals surface area contributed by atoms with Gasteiger partial charge in [-0.2, -0.15) is 0 Å². The second kappa shape index (κ2) is 9.01. The van der Waals surface area contributed by atoms with E-state index >= 15 is 0 Å². The average molecular weight is 388 g/mol. The molecule has 2 unspecified atom stereocenters. The normalized spacial score (nSPS) is 13.2. The van der Waals surface area contributed by atoms with Crippen LogP contribution in [0, 0.1) is 5.82 Å². The zero-order valence-corrected chi connectivity index (χ0v) is 14.5. The van der Waals surface area contributed by atoms with Crippen LogP contribution in [-0.2, 0) is 11.3 Å². The highest BCUT2D eigenvalue weighted by Crippen LogP contribution is 2.30. The zero-order valence-electron chi connectivity index (χ0n) is 13.0. The SMILES string of the molecule is O=C(NCC(O)C(O)c1cc(Cl)cc(F)c1Cl)OCc1ccccc1. The summed E-state index contributed by atoms with van der Waals surface area (Å²) in [5.74, 6) is -0.814. The van der Waals surface area contributed by atoms with Crippen LogP contribution in [0.1, 0.15) is 17.2 Å². The topological polar surface area (TPSA) is 78.8 Å². The molecule has 0 saturated carbocycles. The van der Waals surface area contributed by atoms with E-state index in [9.17, 15) is 19.4 Å². The van der Waals surface area contributed by atoms with Crippen molar-refractivity contribution in [2.75, 3.05) is 6.54 Å². The highest BCUT2D eigenvalue weighted by molar-refractivity contribution is 6.33. The summed E-state index contributed by atoms with van der Waals surface area (Å²) < 4.78 is 18.5. The van der Waals surface area contributed by atoms with Gasteiger partial charge in [0.25, 0.3) is 0 Å². The van der Waals surface area contributed by atoms with E-state index in [0.717, 1.165) is 11.6 Å². The first kappa shape index (κ1) is 19.5. The Balaban J connectivity index is 1.87. The smallest absolute Gasteiger partial charge is 0.407 e. The van der Waals surface area contributed by atoms with Crippen molar-refractivity contribution in [1.82, 2.24) is 5.32 Å². The maximum atomic E-state index is 13.5. The number of hydrogen-bond donors (Lipinski definition) is 3. The maximum absolute atomic E-state index is 13.5. The van der Waals surface area contributed by atoms with Crippen LogP contribution in [0.2, 0.25) is 10.0 Å². The van der Waals surface area contributed by atoms with E-state index in [-0.39, 0.29) is 28.8 Å². The first-order valence-electron chi connectivity index (χ1n) is 7.33. The van der Waals surface area contributed by atoms with Crippen LogP contribution < -0.4 is 5.32 Å². The van der Waals surface area contributed by atoms with E-state index in [1.807, 2.05) is 18.2 Å². The molecule has 25 heavy (non-hydrogen) atoms. The van der Waals surface area contributed by atoms with E-state index in [1.54, 1.807) is 12.1 Å². The molecule has 0 aliphatic heterocycles. The third-order valence-electron chi connectivity index (χ3n) is 3.37. The lowest BCUT2D eigenvalue weighted by Gasteiger charge is -2.20. The molecule has 2 rings (SSSR count). The van der Waals surface area contributed by atoms with Crippen molar-refractivity contribution in [2.24, 2.45) is 0 Å². The van der Waals surface area contributed by atoms with Crippen LogP contribution >= 0.6 is 23.2 Å². The molecule has 1 amide bonds. The first-order valence-corrected chi connectivity index (χ1v) is 8.09. The molecule has 0 heterocycles. The Morgan fingerprint density at radius 1 is 1.20 bits per heavy atom. The molecular weight excluding hydrogens is 372 g/mol. The monoisotopic (exact) mass is 387 g/mol. The molecule has 8 heteroatoms. The Labute approximate surface area is 153 Å². The summed E-state index contributed by atoms with van der Waals surface area (Å²) >= 11 is 11.5. The number of amides is 1. The summed E-state index contributed by atoms with van der Waals surface area (Å²) in [4.78, 5) is 11.6. The number of hydrogen-bond acceptors (Lipinski definition) is 4. The summed E-state index contributed by atoms with van der Waals surface area (Å²) in [7, 11) is 0. The van der Waals surface area contributed by atoms with E-state index < -0.39 is 24.1 Å². The van der Waals surface area contributed by atoms with Gasteiger partial charge in [-0.3, -0.25) is 0 Å².